The summed E-state index contributed by atoms with van der Waals surface area (Å²) in [5.74, 6) is -0.322. The van der Waals surface area contributed by atoms with Crippen molar-refractivity contribution in [2.45, 2.75) is 39.7 Å². The van der Waals surface area contributed by atoms with Gasteiger partial charge >= 0.3 is 6.09 Å². The van der Waals surface area contributed by atoms with Gasteiger partial charge in [-0.1, -0.05) is 12.1 Å². The number of nitrogens with zero attached hydrogens (tertiary/aromatic N) is 2. The molecule has 6 heteroatoms. The summed E-state index contributed by atoms with van der Waals surface area (Å²) in [7, 11) is 1.74. The van der Waals surface area contributed by atoms with Crippen LogP contribution in [0.4, 0.5) is 14.9 Å². The summed E-state index contributed by atoms with van der Waals surface area (Å²) in [5.41, 5.74) is 7.69. The van der Waals surface area contributed by atoms with Gasteiger partial charge in [-0.15, -0.1) is 0 Å². The monoisotopic (exact) mass is 347 g/mol. The molecule has 1 fully saturated rings. The van der Waals surface area contributed by atoms with Gasteiger partial charge in [0.1, 0.15) is 11.4 Å². The number of carbonyl (C=O) groups excluding carboxylic acids is 1. The Morgan fingerprint density at radius 2 is 2.04 bits per heavy atom. The van der Waals surface area contributed by atoms with Crippen LogP contribution in [0.5, 0.6) is 0 Å². The first kappa shape index (κ1) is 19.0. The summed E-state index contributed by atoms with van der Waals surface area (Å²) in [6.45, 7) is 7.77. The van der Waals surface area contributed by atoms with Crippen LogP contribution in [0.3, 0.4) is 0 Å². The molecule has 25 heavy (non-hydrogen) atoms. The molecule has 0 spiro atoms. The quantitative estimate of drug-likeness (QED) is 0.843. The molecular weight excluding hydrogens is 321 g/mol. The maximum atomic E-state index is 14.3. The third-order valence-electron chi connectivity index (χ3n) is 3.68. The van der Waals surface area contributed by atoms with E-state index < -0.39 is 11.7 Å². The van der Waals surface area contributed by atoms with Gasteiger partial charge in [0.25, 0.3) is 0 Å². The van der Waals surface area contributed by atoms with Gasteiger partial charge in [-0.2, -0.15) is 0 Å². The number of ether oxygens (including phenoxy) is 1. The Hall–Kier alpha value is -2.34. The number of carbonyl (C=O) groups is 1. The van der Waals surface area contributed by atoms with E-state index in [1.54, 1.807) is 24.2 Å². The first-order chi connectivity index (χ1) is 11.7. The average molecular weight is 347 g/mol. The highest BCUT2D eigenvalue weighted by Gasteiger charge is 2.42. The van der Waals surface area contributed by atoms with Crippen LogP contribution in [-0.4, -0.2) is 30.2 Å². The summed E-state index contributed by atoms with van der Waals surface area (Å²) < 4.78 is 19.7. The predicted octanol–water partition coefficient (Wildman–Crippen LogP) is 3.76. The van der Waals surface area contributed by atoms with E-state index in [9.17, 15) is 9.18 Å². The molecule has 5 nitrogen and oxygen atoms in total. The third kappa shape index (κ3) is 4.60. The Balaban J connectivity index is 2.18. The summed E-state index contributed by atoms with van der Waals surface area (Å²) in [4.78, 5) is 15.4. The number of anilines is 1. The fourth-order valence-electron chi connectivity index (χ4n) is 2.51. The van der Waals surface area contributed by atoms with E-state index >= 15 is 0 Å². The molecule has 1 saturated heterocycles. The van der Waals surface area contributed by atoms with E-state index in [-0.39, 0.29) is 5.82 Å². The molecule has 2 rings (SSSR count). The average Bonchev–Trinajstić information content (AvgIpc) is 3.18. The predicted molar refractivity (Wildman–Crippen MR) is 97.5 cm³/mol. The summed E-state index contributed by atoms with van der Waals surface area (Å²) in [6, 6.07) is 5.06. The van der Waals surface area contributed by atoms with Crippen molar-refractivity contribution in [2.75, 3.05) is 18.5 Å². The molecule has 1 aromatic rings. The van der Waals surface area contributed by atoms with E-state index in [0.29, 0.717) is 24.4 Å². The highest BCUT2D eigenvalue weighted by molar-refractivity contribution is 5.82. The lowest BCUT2D eigenvalue weighted by Crippen LogP contribution is -2.26. The van der Waals surface area contributed by atoms with Gasteiger partial charge < -0.3 is 15.4 Å². The van der Waals surface area contributed by atoms with E-state index in [4.69, 9.17) is 10.5 Å². The van der Waals surface area contributed by atoms with Crippen molar-refractivity contribution >= 4 is 11.8 Å². The molecule has 136 valence electrons. The van der Waals surface area contributed by atoms with Gasteiger partial charge in [-0.25, -0.2) is 14.1 Å². The van der Waals surface area contributed by atoms with Crippen LogP contribution < -0.4 is 10.6 Å². The Bertz CT molecular complexity index is 720. The molecule has 2 N–H and O–H groups in total. The Kier molecular flexibility index (Phi) is 5.52. The zero-order valence-electron chi connectivity index (χ0n) is 15.5. The van der Waals surface area contributed by atoms with Gasteiger partial charge in [0, 0.05) is 13.2 Å². The fourth-order valence-corrected chi connectivity index (χ4v) is 2.51. The van der Waals surface area contributed by atoms with Crippen LogP contribution in [0.1, 0.15) is 33.3 Å². The van der Waals surface area contributed by atoms with Gasteiger partial charge in [-0.3, -0.25) is 0 Å². The largest absolute Gasteiger partial charge is 0.443 e. The molecule has 0 bridgehead atoms. The number of amides is 1. The van der Waals surface area contributed by atoms with Crippen molar-refractivity contribution in [3.05, 3.63) is 53.2 Å². The zero-order chi connectivity index (χ0) is 18.8. The maximum absolute atomic E-state index is 14.3. The summed E-state index contributed by atoms with van der Waals surface area (Å²) in [5, 5.41) is 0. The van der Waals surface area contributed by atoms with Gasteiger partial charge in [0.2, 0.25) is 0 Å². The molecule has 0 aromatic heterocycles. The van der Waals surface area contributed by atoms with Crippen LogP contribution in [0.25, 0.3) is 0 Å². The first-order valence-corrected chi connectivity index (χ1v) is 8.31. The molecular formula is C19H26FN3O2. The van der Waals surface area contributed by atoms with Crippen LogP contribution >= 0.6 is 0 Å². The van der Waals surface area contributed by atoms with Crippen LogP contribution in [-0.2, 0) is 11.2 Å². The van der Waals surface area contributed by atoms with Crippen molar-refractivity contribution in [3.8, 4) is 0 Å². The van der Waals surface area contributed by atoms with Crippen molar-refractivity contribution in [1.82, 2.24) is 4.90 Å². The molecule has 0 unspecified atom stereocenters. The minimum atomic E-state index is -0.569. The minimum Gasteiger partial charge on any atom is -0.443 e. The molecule has 0 radical (unpaired) electrons. The number of hydrogen-bond acceptors (Lipinski definition) is 4. The number of nitrogens with two attached hydrogens (primary N) is 1. The van der Waals surface area contributed by atoms with Gasteiger partial charge in [-0.05, 0) is 58.4 Å². The third-order valence-corrected chi connectivity index (χ3v) is 3.68. The summed E-state index contributed by atoms with van der Waals surface area (Å²) >= 11 is 0. The maximum Gasteiger partial charge on any atom is 0.419 e. The molecule has 0 atom stereocenters. The molecule has 1 aliphatic rings. The SMILES string of the molecule is CC=C1/C(=C\N(C)c2ccc(CCN)cc2F)N1C(=O)OC(C)(C)C. The van der Waals surface area contributed by atoms with Crippen molar-refractivity contribution in [1.29, 1.82) is 0 Å². The zero-order valence-corrected chi connectivity index (χ0v) is 15.5. The van der Waals surface area contributed by atoms with Gasteiger partial charge in [0.15, 0.2) is 0 Å². The smallest absolute Gasteiger partial charge is 0.419 e. The van der Waals surface area contributed by atoms with Crippen molar-refractivity contribution < 1.29 is 13.9 Å². The molecule has 1 heterocycles. The number of allylic oxidation sites excluding steroid dienone is 1. The molecule has 1 aromatic carbocycles. The van der Waals surface area contributed by atoms with E-state index in [2.05, 4.69) is 0 Å². The lowest BCUT2D eigenvalue weighted by Gasteiger charge is -2.19. The minimum absolute atomic E-state index is 0.322. The van der Waals surface area contributed by atoms with E-state index in [1.807, 2.05) is 39.8 Å². The van der Waals surface area contributed by atoms with Crippen molar-refractivity contribution in [3.63, 3.8) is 0 Å². The fraction of sp³-hybridized carbons (Fsp3) is 0.421. The normalized spacial score (nSPS) is 17.2. The standard InChI is InChI=1S/C19H26FN3O2/c1-6-15-17(23(15)18(24)25-19(2,3)4)12-22(5)16-8-7-13(9-10-21)11-14(16)20/h6-8,11-12H,9-10,21H2,1-5H3/b15-6?,17-12+. The molecule has 0 saturated carbocycles. The Morgan fingerprint density at radius 1 is 1.36 bits per heavy atom. The number of rotatable bonds is 4. The first-order valence-electron chi connectivity index (χ1n) is 8.31. The Labute approximate surface area is 148 Å². The number of halogens is 1. The molecule has 0 aliphatic carbocycles. The summed E-state index contributed by atoms with van der Waals surface area (Å²) in [6.07, 6.45) is 3.75. The van der Waals surface area contributed by atoms with Crippen LogP contribution in [0.15, 0.2) is 41.9 Å². The van der Waals surface area contributed by atoms with Gasteiger partial charge in [0.05, 0.1) is 17.1 Å². The van der Waals surface area contributed by atoms with E-state index in [0.717, 1.165) is 11.3 Å². The second kappa shape index (κ2) is 7.27. The lowest BCUT2D eigenvalue weighted by molar-refractivity contribution is 0.0447. The molecule has 1 aliphatic heterocycles. The lowest BCUT2D eigenvalue weighted by atomic mass is 10.1. The second-order valence-electron chi connectivity index (χ2n) is 6.94. The number of benzene rings is 1. The number of hydrogen-bond donors (Lipinski definition) is 1. The highest BCUT2D eigenvalue weighted by atomic mass is 19.1. The second-order valence-corrected chi connectivity index (χ2v) is 6.94. The topological polar surface area (TPSA) is 58.6 Å². The van der Waals surface area contributed by atoms with E-state index in [1.165, 1.54) is 11.0 Å². The van der Waals surface area contributed by atoms with Crippen molar-refractivity contribution in [2.24, 2.45) is 5.73 Å². The van der Waals surface area contributed by atoms with Crippen LogP contribution in [0, 0.1) is 5.82 Å². The molecule has 1 amide bonds. The van der Waals surface area contributed by atoms with Crippen LogP contribution in [0.2, 0.25) is 0 Å². The Morgan fingerprint density at radius 3 is 2.56 bits per heavy atom. The highest BCUT2D eigenvalue weighted by Crippen LogP contribution is 2.39.